The Balaban J connectivity index is 2.57. The minimum Gasteiger partial charge on any atom is -0.385 e. The highest BCUT2D eigenvalue weighted by Crippen LogP contribution is 2.45. The molecule has 0 saturated heterocycles. The summed E-state index contributed by atoms with van der Waals surface area (Å²) in [5.74, 6) is 0.258. The van der Waals surface area contributed by atoms with Gasteiger partial charge in [0.05, 0.1) is 0 Å². The van der Waals surface area contributed by atoms with Crippen molar-refractivity contribution in [1.29, 1.82) is 0 Å². The molecule has 2 rings (SSSR count). The monoisotopic (exact) mass is 223 g/mol. The van der Waals surface area contributed by atoms with Crippen molar-refractivity contribution in [3.63, 3.8) is 0 Å². The van der Waals surface area contributed by atoms with E-state index in [1.807, 2.05) is 0 Å². The van der Waals surface area contributed by atoms with Crippen LogP contribution in [-0.2, 0) is 0 Å². The lowest BCUT2D eigenvalue weighted by Gasteiger charge is -2.29. The largest absolute Gasteiger partial charge is 0.385 e. The fourth-order valence-corrected chi connectivity index (χ4v) is 2.63. The third kappa shape index (κ3) is 1.66. The second-order valence-corrected chi connectivity index (χ2v) is 5.13. The van der Waals surface area contributed by atoms with E-state index in [9.17, 15) is 9.59 Å². The van der Waals surface area contributed by atoms with Gasteiger partial charge in [0.1, 0.15) is 5.82 Å². The maximum absolute atomic E-state index is 11.8. The minimum absolute atomic E-state index is 0.0518. The minimum atomic E-state index is -0.436. The van der Waals surface area contributed by atoms with Gasteiger partial charge in [0, 0.05) is 12.1 Å². The summed E-state index contributed by atoms with van der Waals surface area (Å²) in [6.07, 6.45) is 3.09. The van der Waals surface area contributed by atoms with E-state index in [0.717, 1.165) is 19.3 Å². The first kappa shape index (κ1) is 11.0. The molecule has 16 heavy (non-hydrogen) atoms. The molecular formula is C11H17N3O2. The highest BCUT2D eigenvalue weighted by atomic mass is 16.2. The van der Waals surface area contributed by atoms with Crippen LogP contribution >= 0.6 is 0 Å². The Hall–Kier alpha value is -1.52. The Morgan fingerprint density at radius 1 is 1.50 bits per heavy atom. The summed E-state index contributed by atoms with van der Waals surface area (Å²) in [5, 5.41) is 0. The second kappa shape index (κ2) is 3.50. The topological polar surface area (TPSA) is 80.9 Å². The van der Waals surface area contributed by atoms with Crippen molar-refractivity contribution in [2.45, 2.75) is 39.2 Å². The first-order chi connectivity index (χ1) is 7.42. The molecule has 0 spiro atoms. The highest BCUT2D eigenvalue weighted by molar-refractivity contribution is 5.27. The lowest BCUT2D eigenvalue weighted by Crippen LogP contribution is -2.37. The predicted octanol–water partition coefficient (Wildman–Crippen LogP) is 0.870. The SMILES string of the molecule is CC1(C)CCCC1n1c(N)cc(=O)[nH]c1=O. The molecule has 1 aliphatic rings. The number of aromatic amines is 1. The molecule has 1 aromatic heterocycles. The van der Waals surface area contributed by atoms with Gasteiger partial charge >= 0.3 is 5.69 Å². The average Bonchev–Trinajstić information content (AvgIpc) is 2.44. The molecular weight excluding hydrogens is 206 g/mol. The molecule has 5 heteroatoms. The summed E-state index contributed by atoms with van der Waals surface area (Å²) in [5.41, 5.74) is 4.98. The van der Waals surface area contributed by atoms with Crippen LogP contribution < -0.4 is 17.0 Å². The van der Waals surface area contributed by atoms with Gasteiger partial charge in [-0.05, 0) is 18.3 Å². The zero-order valence-electron chi connectivity index (χ0n) is 9.62. The Labute approximate surface area is 93.3 Å². The van der Waals surface area contributed by atoms with Crippen molar-refractivity contribution in [3.8, 4) is 0 Å². The highest BCUT2D eigenvalue weighted by Gasteiger charge is 2.37. The number of nitrogen functional groups attached to an aromatic ring is 1. The van der Waals surface area contributed by atoms with Crippen LogP contribution in [0, 0.1) is 5.41 Å². The first-order valence-electron chi connectivity index (χ1n) is 5.53. The fourth-order valence-electron chi connectivity index (χ4n) is 2.63. The smallest absolute Gasteiger partial charge is 0.330 e. The molecule has 1 aromatic rings. The second-order valence-electron chi connectivity index (χ2n) is 5.13. The quantitative estimate of drug-likeness (QED) is 0.741. The van der Waals surface area contributed by atoms with Gasteiger partial charge in [-0.3, -0.25) is 14.3 Å². The normalized spacial score (nSPS) is 23.5. The van der Waals surface area contributed by atoms with Gasteiger partial charge < -0.3 is 5.73 Å². The molecule has 0 aromatic carbocycles. The third-order valence-corrected chi connectivity index (χ3v) is 3.52. The Morgan fingerprint density at radius 2 is 2.19 bits per heavy atom. The Kier molecular flexibility index (Phi) is 2.40. The molecule has 5 nitrogen and oxygen atoms in total. The van der Waals surface area contributed by atoms with E-state index in [0.29, 0.717) is 0 Å². The number of rotatable bonds is 1. The molecule has 1 unspecified atom stereocenters. The van der Waals surface area contributed by atoms with Gasteiger partial charge in [0.25, 0.3) is 5.56 Å². The Bertz CT molecular complexity index is 513. The van der Waals surface area contributed by atoms with Crippen molar-refractivity contribution in [3.05, 3.63) is 26.9 Å². The van der Waals surface area contributed by atoms with Gasteiger partial charge in [-0.15, -0.1) is 0 Å². The van der Waals surface area contributed by atoms with Crippen molar-refractivity contribution in [1.82, 2.24) is 9.55 Å². The number of hydrogen-bond donors (Lipinski definition) is 2. The summed E-state index contributed by atoms with van der Waals surface area (Å²) >= 11 is 0. The molecule has 1 fully saturated rings. The van der Waals surface area contributed by atoms with E-state index >= 15 is 0 Å². The molecule has 1 atom stereocenters. The summed E-state index contributed by atoms with van der Waals surface area (Å²) in [7, 11) is 0. The molecule has 1 heterocycles. The summed E-state index contributed by atoms with van der Waals surface area (Å²) in [6, 6.07) is 1.35. The number of nitrogens with two attached hydrogens (primary N) is 1. The molecule has 0 amide bonds. The van der Waals surface area contributed by atoms with Crippen molar-refractivity contribution in [2.24, 2.45) is 5.41 Å². The van der Waals surface area contributed by atoms with Crippen molar-refractivity contribution >= 4 is 5.82 Å². The van der Waals surface area contributed by atoms with Crippen LogP contribution in [0.25, 0.3) is 0 Å². The number of nitrogens with zero attached hydrogens (tertiary/aromatic N) is 1. The maximum Gasteiger partial charge on any atom is 0.330 e. The van der Waals surface area contributed by atoms with Crippen molar-refractivity contribution in [2.75, 3.05) is 5.73 Å². The van der Waals surface area contributed by atoms with Crippen molar-refractivity contribution < 1.29 is 0 Å². The van der Waals surface area contributed by atoms with Crippen LogP contribution in [-0.4, -0.2) is 9.55 Å². The van der Waals surface area contributed by atoms with E-state index in [1.54, 1.807) is 0 Å². The fraction of sp³-hybridized carbons (Fsp3) is 0.636. The molecule has 1 aliphatic carbocycles. The van der Waals surface area contributed by atoms with E-state index in [-0.39, 0.29) is 17.3 Å². The van der Waals surface area contributed by atoms with Crippen LogP contribution in [0.5, 0.6) is 0 Å². The summed E-state index contributed by atoms with van der Waals surface area (Å²) < 4.78 is 1.52. The number of anilines is 1. The van der Waals surface area contributed by atoms with Gasteiger partial charge in [-0.25, -0.2) is 4.79 Å². The van der Waals surface area contributed by atoms with E-state index in [1.165, 1.54) is 10.6 Å². The molecule has 88 valence electrons. The zero-order chi connectivity index (χ0) is 11.9. The number of hydrogen-bond acceptors (Lipinski definition) is 3. The van der Waals surface area contributed by atoms with Gasteiger partial charge in [0.2, 0.25) is 0 Å². The summed E-state index contributed by atoms with van der Waals surface area (Å²) in [6.45, 7) is 4.25. The molecule has 3 N–H and O–H groups in total. The van der Waals surface area contributed by atoms with E-state index in [4.69, 9.17) is 5.73 Å². The standard InChI is InChI=1S/C11H17N3O2/c1-11(2)5-3-4-7(11)14-8(12)6-9(15)13-10(14)16/h6-7H,3-5,12H2,1-2H3,(H,13,15,16). The predicted molar refractivity (Wildman–Crippen MR) is 62.4 cm³/mol. The maximum atomic E-state index is 11.8. The Morgan fingerprint density at radius 3 is 2.69 bits per heavy atom. The van der Waals surface area contributed by atoms with Gasteiger partial charge in [-0.1, -0.05) is 20.3 Å². The van der Waals surface area contributed by atoms with Crippen LogP contribution in [0.1, 0.15) is 39.2 Å². The van der Waals surface area contributed by atoms with Crippen LogP contribution in [0.2, 0.25) is 0 Å². The van der Waals surface area contributed by atoms with Crippen LogP contribution in [0.15, 0.2) is 15.7 Å². The lowest BCUT2D eigenvalue weighted by molar-refractivity contribution is 0.256. The molecule has 0 bridgehead atoms. The van der Waals surface area contributed by atoms with Gasteiger partial charge in [-0.2, -0.15) is 0 Å². The molecule has 0 radical (unpaired) electrons. The number of aromatic nitrogens is 2. The van der Waals surface area contributed by atoms with Gasteiger partial charge in [0.15, 0.2) is 0 Å². The first-order valence-corrected chi connectivity index (χ1v) is 5.53. The average molecular weight is 223 g/mol. The number of nitrogens with one attached hydrogen (secondary N) is 1. The molecule has 1 saturated carbocycles. The van der Waals surface area contributed by atoms with E-state index in [2.05, 4.69) is 18.8 Å². The zero-order valence-corrected chi connectivity index (χ0v) is 9.62. The molecule has 0 aliphatic heterocycles. The van der Waals surface area contributed by atoms with E-state index < -0.39 is 11.2 Å². The lowest BCUT2D eigenvalue weighted by atomic mass is 9.87. The van der Waals surface area contributed by atoms with Crippen LogP contribution in [0.3, 0.4) is 0 Å². The number of H-pyrrole nitrogens is 1. The summed E-state index contributed by atoms with van der Waals surface area (Å²) in [4.78, 5) is 25.1. The van der Waals surface area contributed by atoms with Crippen LogP contribution in [0.4, 0.5) is 5.82 Å². The third-order valence-electron chi connectivity index (χ3n) is 3.52.